The molecule has 2 aromatic rings. The third-order valence-electron chi connectivity index (χ3n) is 2.09. The van der Waals surface area contributed by atoms with Crippen LogP contribution in [0.15, 0.2) is 41.2 Å². The van der Waals surface area contributed by atoms with Crippen LogP contribution in [0.4, 0.5) is 0 Å². The maximum Gasteiger partial charge on any atom is 0.348 e. The largest absolute Gasteiger partial charge is 0.473 e. The third kappa shape index (κ3) is 2.70. The van der Waals surface area contributed by atoms with Gasteiger partial charge in [0, 0.05) is 11.8 Å². The molecule has 0 aliphatic heterocycles. The topological polar surface area (TPSA) is 55.0 Å². The van der Waals surface area contributed by atoms with Crippen molar-refractivity contribution in [3.05, 3.63) is 58.1 Å². The van der Waals surface area contributed by atoms with Gasteiger partial charge in [0.25, 0.3) is 0 Å². The first kappa shape index (κ1) is 10.4. The molecule has 0 aliphatic rings. The molecule has 0 fully saturated rings. The molecular formula is C12H12N2O2. The molecule has 1 heterocycles. The van der Waals surface area contributed by atoms with Crippen LogP contribution in [-0.4, -0.2) is 9.97 Å². The Morgan fingerprint density at radius 2 is 2.06 bits per heavy atom. The zero-order valence-corrected chi connectivity index (χ0v) is 8.93. The molecule has 1 aromatic carbocycles. The Kier molecular flexibility index (Phi) is 3.00. The fourth-order valence-corrected chi connectivity index (χ4v) is 1.36. The van der Waals surface area contributed by atoms with E-state index >= 15 is 0 Å². The molecule has 0 saturated carbocycles. The summed E-state index contributed by atoms with van der Waals surface area (Å²) in [4.78, 5) is 17.4. The minimum absolute atomic E-state index is 0.352. The lowest BCUT2D eigenvalue weighted by atomic mass is 10.2. The van der Waals surface area contributed by atoms with E-state index in [2.05, 4.69) is 9.97 Å². The van der Waals surface area contributed by atoms with E-state index in [0.717, 1.165) is 11.3 Å². The van der Waals surface area contributed by atoms with Gasteiger partial charge in [-0.3, -0.25) is 0 Å². The fourth-order valence-electron chi connectivity index (χ4n) is 1.36. The number of aromatic nitrogens is 2. The third-order valence-corrected chi connectivity index (χ3v) is 2.09. The molecule has 0 saturated heterocycles. The van der Waals surface area contributed by atoms with Gasteiger partial charge in [-0.1, -0.05) is 30.3 Å². The Morgan fingerprint density at radius 1 is 1.31 bits per heavy atom. The van der Waals surface area contributed by atoms with Crippen molar-refractivity contribution in [1.82, 2.24) is 9.97 Å². The molecule has 0 spiro atoms. The second-order valence-electron chi connectivity index (χ2n) is 3.48. The highest BCUT2D eigenvalue weighted by molar-refractivity contribution is 5.16. The molecule has 0 unspecified atom stereocenters. The maximum absolute atomic E-state index is 11.1. The van der Waals surface area contributed by atoms with Crippen LogP contribution in [0.5, 0.6) is 5.88 Å². The van der Waals surface area contributed by atoms with Crippen LogP contribution >= 0.6 is 0 Å². The van der Waals surface area contributed by atoms with Crippen molar-refractivity contribution in [2.45, 2.75) is 13.5 Å². The number of aromatic amines is 1. The standard InChI is InChI=1S/C12H12N2O2/c1-9-7-11(14-12(15)13-9)16-8-10-5-3-2-4-6-10/h2-7H,8H2,1H3,(H,13,14,15). The molecule has 4 heteroatoms. The SMILES string of the molecule is Cc1cc(OCc2ccccc2)nc(=O)[nH]1. The number of ether oxygens (including phenoxy) is 1. The number of hydrogen-bond donors (Lipinski definition) is 1. The van der Waals surface area contributed by atoms with Gasteiger partial charge in [0.15, 0.2) is 0 Å². The van der Waals surface area contributed by atoms with Crippen LogP contribution in [0, 0.1) is 6.92 Å². The van der Waals surface area contributed by atoms with Gasteiger partial charge in [0.2, 0.25) is 5.88 Å². The van der Waals surface area contributed by atoms with E-state index in [0.29, 0.717) is 12.5 Å². The van der Waals surface area contributed by atoms with Crippen molar-refractivity contribution in [2.75, 3.05) is 0 Å². The quantitative estimate of drug-likeness (QED) is 0.848. The Morgan fingerprint density at radius 3 is 2.75 bits per heavy atom. The summed E-state index contributed by atoms with van der Waals surface area (Å²) in [5.74, 6) is 0.352. The first-order chi connectivity index (χ1) is 7.74. The zero-order valence-electron chi connectivity index (χ0n) is 8.93. The molecular weight excluding hydrogens is 204 g/mol. The first-order valence-electron chi connectivity index (χ1n) is 4.99. The summed E-state index contributed by atoms with van der Waals surface area (Å²) < 4.78 is 5.42. The van der Waals surface area contributed by atoms with Crippen LogP contribution in [0.3, 0.4) is 0 Å². The van der Waals surface area contributed by atoms with Gasteiger partial charge in [-0.15, -0.1) is 0 Å². The Balaban J connectivity index is 2.08. The van der Waals surface area contributed by atoms with E-state index in [4.69, 9.17) is 4.74 Å². The average Bonchev–Trinajstić information content (AvgIpc) is 2.27. The van der Waals surface area contributed by atoms with Crippen LogP contribution in [0.1, 0.15) is 11.3 Å². The first-order valence-corrected chi connectivity index (χ1v) is 4.99. The number of benzene rings is 1. The van der Waals surface area contributed by atoms with Crippen LogP contribution in [0.2, 0.25) is 0 Å². The van der Waals surface area contributed by atoms with E-state index in [1.807, 2.05) is 30.3 Å². The highest BCUT2D eigenvalue weighted by Crippen LogP contribution is 2.07. The summed E-state index contributed by atoms with van der Waals surface area (Å²) in [5.41, 5.74) is 1.40. The van der Waals surface area contributed by atoms with Gasteiger partial charge in [0.1, 0.15) is 6.61 Å². The number of aryl methyl sites for hydroxylation is 1. The van der Waals surface area contributed by atoms with Gasteiger partial charge in [-0.05, 0) is 12.5 Å². The van der Waals surface area contributed by atoms with Crippen molar-refractivity contribution in [2.24, 2.45) is 0 Å². The van der Waals surface area contributed by atoms with E-state index in [1.54, 1.807) is 13.0 Å². The van der Waals surface area contributed by atoms with Gasteiger partial charge in [-0.2, -0.15) is 4.98 Å². The monoisotopic (exact) mass is 216 g/mol. The summed E-state index contributed by atoms with van der Waals surface area (Å²) in [6.07, 6.45) is 0. The molecule has 16 heavy (non-hydrogen) atoms. The molecule has 0 radical (unpaired) electrons. The fraction of sp³-hybridized carbons (Fsp3) is 0.167. The van der Waals surface area contributed by atoms with Crippen molar-refractivity contribution < 1.29 is 4.74 Å². The molecule has 1 N–H and O–H groups in total. The second kappa shape index (κ2) is 4.61. The molecule has 0 aliphatic carbocycles. The average molecular weight is 216 g/mol. The minimum Gasteiger partial charge on any atom is -0.473 e. The van der Waals surface area contributed by atoms with Crippen molar-refractivity contribution in [1.29, 1.82) is 0 Å². The van der Waals surface area contributed by atoms with Gasteiger partial charge < -0.3 is 9.72 Å². The highest BCUT2D eigenvalue weighted by Gasteiger charge is 1.99. The van der Waals surface area contributed by atoms with Gasteiger partial charge in [0.05, 0.1) is 0 Å². The molecule has 4 nitrogen and oxygen atoms in total. The van der Waals surface area contributed by atoms with Gasteiger partial charge in [-0.25, -0.2) is 4.79 Å². The van der Waals surface area contributed by atoms with Crippen molar-refractivity contribution in [3.63, 3.8) is 0 Å². The summed E-state index contributed by atoms with van der Waals surface area (Å²) in [6, 6.07) is 11.4. The highest BCUT2D eigenvalue weighted by atomic mass is 16.5. The predicted octanol–water partition coefficient (Wildman–Crippen LogP) is 1.66. The molecule has 1 aromatic heterocycles. The summed E-state index contributed by atoms with van der Waals surface area (Å²) in [5, 5.41) is 0. The smallest absolute Gasteiger partial charge is 0.348 e. The minimum atomic E-state index is -0.386. The van der Waals surface area contributed by atoms with E-state index < -0.39 is 0 Å². The predicted molar refractivity (Wildman–Crippen MR) is 60.4 cm³/mol. The lowest BCUT2D eigenvalue weighted by Crippen LogP contribution is -2.12. The van der Waals surface area contributed by atoms with Crippen molar-refractivity contribution in [3.8, 4) is 5.88 Å². The lowest BCUT2D eigenvalue weighted by molar-refractivity contribution is 0.292. The number of nitrogens with zero attached hydrogens (tertiary/aromatic N) is 1. The lowest BCUT2D eigenvalue weighted by Gasteiger charge is -2.04. The van der Waals surface area contributed by atoms with E-state index in [1.165, 1.54) is 0 Å². The van der Waals surface area contributed by atoms with Gasteiger partial charge >= 0.3 is 5.69 Å². The van der Waals surface area contributed by atoms with Crippen LogP contribution in [-0.2, 0) is 6.61 Å². The second-order valence-corrected chi connectivity index (χ2v) is 3.48. The normalized spacial score (nSPS) is 10.1. The Bertz CT molecular complexity index is 520. The molecule has 82 valence electrons. The van der Waals surface area contributed by atoms with Crippen molar-refractivity contribution >= 4 is 0 Å². The number of H-pyrrole nitrogens is 1. The molecule has 0 amide bonds. The number of rotatable bonds is 3. The van der Waals surface area contributed by atoms with E-state index in [9.17, 15) is 4.79 Å². The summed E-state index contributed by atoms with van der Waals surface area (Å²) >= 11 is 0. The molecule has 2 rings (SSSR count). The summed E-state index contributed by atoms with van der Waals surface area (Å²) in [7, 11) is 0. The number of hydrogen-bond acceptors (Lipinski definition) is 3. The van der Waals surface area contributed by atoms with Crippen LogP contribution < -0.4 is 10.4 Å². The number of nitrogens with one attached hydrogen (secondary N) is 1. The summed E-state index contributed by atoms with van der Waals surface area (Å²) in [6.45, 7) is 2.20. The maximum atomic E-state index is 11.1. The Labute approximate surface area is 92.9 Å². The zero-order chi connectivity index (χ0) is 11.4. The molecule has 0 atom stereocenters. The van der Waals surface area contributed by atoms with Crippen LogP contribution in [0.25, 0.3) is 0 Å². The molecule has 0 bridgehead atoms. The van der Waals surface area contributed by atoms with E-state index in [-0.39, 0.29) is 5.69 Å². The Hall–Kier alpha value is -2.10.